The number of halogens is 2. The van der Waals surface area contributed by atoms with Gasteiger partial charge in [-0.2, -0.15) is 4.39 Å². The van der Waals surface area contributed by atoms with E-state index in [-0.39, 0.29) is 23.4 Å². The van der Waals surface area contributed by atoms with Gasteiger partial charge in [-0.15, -0.1) is 0 Å². The minimum Gasteiger partial charge on any atom is -0.324 e. The van der Waals surface area contributed by atoms with Crippen molar-refractivity contribution >= 4 is 38.7 Å². The van der Waals surface area contributed by atoms with E-state index in [1.54, 1.807) is 0 Å². The van der Waals surface area contributed by atoms with Crippen molar-refractivity contribution in [2.75, 3.05) is 5.32 Å². The molecular formula is C18H16ClFN2O5S. The van der Waals surface area contributed by atoms with Gasteiger partial charge < -0.3 is 5.32 Å². The molecule has 0 spiro atoms. The van der Waals surface area contributed by atoms with Crippen molar-refractivity contribution in [2.24, 2.45) is 0 Å². The van der Waals surface area contributed by atoms with Crippen LogP contribution in [0, 0.1) is 15.9 Å². The Hall–Kier alpha value is -2.52. The highest BCUT2D eigenvalue weighted by Gasteiger charge is 2.53. The second kappa shape index (κ2) is 7.48. The van der Waals surface area contributed by atoms with Crippen LogP contribution in [-0.4, -0.2) is 24.0 Å². The zero-order valence-corrected chi connectivity index (χ0v) is 16.1. The van der Waals surface area contributed by atoms with Gasteiger partial charge in [-0.25, -0.2) is 8.42 Å². The van der Waals surface area contributed by atoms with Gasteiger partial charge in [-0.3, -0.25) is 14.9 Å². The van der Waals surface area contributed by atoms with E-state index < -0.39 is 36.9 Å². The fourth-order valence-corrected chi connectivity index (χ4v) is 5.57. The molecule has 1 fully saturated rings. The van der Waals surface area contributed by atoms with Gasteiger partial charge in [-0.05, 0) is 49.2 Å². The lowest BCUT2D eigenvalue weighted by molar-refractivity contribution is -0.387. The average Bonchev–Trinajstić information content (AvgIpc) is 3.15. The number of sulfone groups is 1. The lowest BCUT2D eigenvalue weighted by Gasteiger charge is -2.27. The van der Waals surface area contributed by atoms with Crippen molar-refractivity contribution in [3.8, 4) is 0 Å². The Labute approximate surface area is 165 Å². The first kappa shape index (κ1) is 20.2. The highest BCUT2D eigenvalue weighted by atomic mass is 35.5. The lowest BCUT2D eigenvalue weighted by atomic mass is 10.1. The number of carbonyl (C=O) groups is 1. The smallest absolute Gasteiger partial charge is 0.306 e. The third kappa shape index (κ3) is 3.47. The number of nitro benzene ring substituents is 1. The molecule has 0 heterocycles. The fourth-order valence-electron chi connectivity index (χ4n) is 3.38. The summed E-state index contributed by atoms with van der Waals surface area (Å²) in [7, 11) is -4.05. The van der Waals surface area contributed by atoms with Crippen LogP contribution in [0.3, 0.4) is 0 Å². The van der Waals surface area contributed by atoms with Gasteiger partial charge in [0, 0.05) is 16.8 Å². The van der Waals surface area contributed by atoms with E-state index >= 15 is 0 Å². The molecule has 0 atom stereocenters. The number of nitrogens with one attached hydrogen (secondary N) is 1. The monoisotopic (exact) mass is 426 g/mol. The molecule has 1 aliphatic carbocycles. The maximum Gasteiger partial charge on any atom is 0.306 e. The van der Waals surface area contributed by atoms with Crippen LogP contribution in [0.4, 0.5) is 15.8 Å². The summed E-state index contributed by atoms with van der Waals surface area (Å²) in [4.78, 5) is 23.0. The first-order valence-corrected chi connectivity index (χ1v) is 10.3. The molecule has 3 rings (SSSR count). The average molecular weight is 427 g/mol. The number of amides is 1. The SMILES string of the molecule is O=C(Nc1ccc(F)c([N+](=O)[O-])c1)C1(S(=O)(=O)c2ccc(Cl)cc2)CCCC1. The van der Waals surface area contributed by atoms with E-state index in [0.717, 1.165) is 18.2 Å². The Balaban J connectivity index is 1.98. The van der Waals surface area contributed by atoms with E-state index in [1.807, 2.05) is 0 Å². The molecule has 1 saturated carbocycles. The Morgan fingerprint density at radius 3 is 2.32 bits per heavy atom. The Morgan fingerprint density at radius 1 is 1.14 bits per heavy atom. The molecule has 0 unspecified atom stereocenters. The summed E-state index contributed by atoms with van der Waals surface area (Å²) in [5, 5.41) is 13.7. The number of carbonyl (C=O) groups excluding carboxylic acids is 1. The lowest BCUT2D eigenvalue weighted by Crippen LogP contribution is -2.47. The summed E-state index contributed by atoms with van der Waals surface area (Å²) >= 11 is 5.82. The van der Waals surface area contributed by atoms with Crippen molar-refractivity contribution in [1.82, 2.24) is 0 Å². The number of hydrogen-bond acceptors (Lipinski definition) is 5. The molecule has 1 aliphatic rings. The van der Waals surface area contributed by atoms with Crippen LogP contribution in [0.15, 0.2) is 47.4 Å². The summed E-state index contributed by atoms with van der Waals surface area (Å²) in [6.07, 6.45) is 1.33. The molecule has 0 radical (unpaired) electrons. The molecule has 7 nitrogen and oxygen atoms in total. The van der Waals surface area contributed by atoms with Crippen molar-refractivity contribution in [2.45, 2.75) is 35.3 Å². The number of nitro groups is 1. The zero-order valence-electron chi connectivity index (χ0n) is 14.5. The van der Waals surface area contributed by atoms with Crippen LogP contribution < -0.4 is 5.32 Å². The van der Waals surface area contributed by atoms with Gasteiger partial charge >= 0.3 is 5.69 Å². The van der Waals surface area contributed by atoms with Crippen molar-refractivity contribution in [1.29, 1.82) is 0 Å². The third-order valence-electron chi connectivity index (χ3n) is 4.86. The molecule has 148 valence electrons. The summed E-state index contributed by atoms with van der Waals surface area (Å²) in [5.74, 6) is -1.84. The van der Waals surface area contributed by atoms with Crippen LogP contribution in [0.1, 0.15) is 25.7 Å². The molecule has 1 N–H and O–H groups in total. The summed E-state index contributed by atoms with van der Waals surface area (Å²) in [6, 6.07) is 8.41. The van der Waals surface area contributed by atoms with Gasteiger partial charge in [0.25, 0.3) is 0 Å². The minimum absolute atomic E-state index is 0.0287. The maximum atomic E-state index is 13.5. The molecule has 1 amide bonds. The number of benzene rings is 2. The maximum absolute atomic E-state index is 13.5. The fraction of sp³-hybridized carbons (Fsp3) is 0.278. The first-order chi connectivity index (χ1) is 13.2. The molecule has 28 heavy (non-hydrogen) atoms. The van der Waals surface area contributed by atoms with Gasteiger partial charge in [0.05, 0.1) is 9.82 Å². The van der Waals surface area contributed by atoms with E-state index in [4.69, 9.17) is 11.6 Å². The van der Waals surface area contributed by atoms with E-state index in [1.165, 1.54) is 24.3 Å². The zero-order chi connectivity index (χ0) is 20.5. The highest BCUT2D eigenvalue weighted by Crippen LogP contribution is 2.41. The predicted molar refractivity (Wildman–Crippen MR) is 102 cm³/mol. The van der Waals surface area contributed by atoms with E-state index in [9.17, 15) is 27.7 Å². The number of hydrogen-bond donors (Lipinski definition) is 1. The molecule has 2 aromatic rings. The number of rotatable bonds is 5. The molecule has 0 bridgehead atoms. The van der Waals surface area contributed by atoms with E-state index in [0.29, 0.717) is 17.9 Å². The topological polar surface area (TPSA) is 106 Å². The molecule has 0 aliphatic heterocycles. The number of anilines is 1. The van der Waals surface area contributed by atoms with Crippen molar-refractivity contribution in [3.63, 3.8) is 0 Å². The first-order valence-electron chi connectivity index (χ1n) is 8.43. The Morgan fingerprint density at radius 2 is 1.75 bits per heavy atom. The van der Waals surface area contributed by atoms with Crippen LogP contribution in [-0.2, 0) is 14.6 Å². The quantitative estimate of drug-likeness (QED) is 0.571. The Kier molecular flexibility index (Phi) is 5.40. The van der Waals surface area contributed by atoms with Crippen molar-refractivity contribution in [3.05, 3.63) is 63.4 Å². The summed E-state index contributed by atoms with van der Waals surface area (Å²) in [6.45, 7) is 0. The van der Waals surface area contributed by atoms with Gasteiger partial charge in [0.1, 0.15) is 0 Å². The highest BCUT2D eigenvalue weighted by molar-refractivity contribution is 7.93. The molecular weight excluding hydrogens is 411 g/mol. The normalized spacial score (nSPS) is 15.9. The van der Waals surface area contributed by atoms with Gasteiger partial charge in [0.15, 0.2) is 14.6 Å². The summed E-state index contributed by atoms with van der Waals surface area (Å²) < 4.78 is 38.3. The molecule has 0 aromatic heterocycles. The largest absolute Gasteiger partial charge is 0.324 e. The van der Waals surface area contributed by atoms with Crippen LogP contribution in [0.5, 0.6) is 0 Å². The van der Waals surface area contributed by atoms with Crippen molar-refractivity contribution < 1.29 is 22.5 Å². The third-order valence-corrected chi connectivity index (χ3v) is 7.63. The standard InChI is InChI=1S/C18H16ClFN2O5S/c19-12-3-6-14(7-4-12)28(26,27)18(9-1-2-10-18)17(23)21-13-5-8-15(20)16(11-13)22(24)25/h3-8,11H,1-2,9-10H2,(H,21,23). The minimum atomic E-state index is -4.05. The number of nitrogens with zero attached hydrogens (tertiary/aromatic N) is 1. The summed E-state index contributed by atoms with van der Waals surface area (Å²) in [5.41, 5.74) is -0.852. The molecule has 0 saturated heterocycles. The predicted octanol–water partition coefficient (Wildman–Crippen LogP) is 4.11. The molecule has 10 heteroatoms. The van der Waals surface area contributed by atoms with Crippen LogP contribution in [0.25, 0.3) is 0 Å². The van der Waals surface area contributed by atoms with Gasteiger partial charge in [0.2, 0.25) is 11.7 Å². The van der Waals surface area contributed by atoms with E-state index in [2.05, 4.69) is 5.32 Å². The second-order valence-electron chi connectivity index (χ2n) is 6.54. The second-order valence-corrected chi connectivity index (χ2v) is 9.23. The van der Waals surface area contributed by atoms with Gasteiger partial charge in [-0.1, -0.05) is 24.4 Å². The van der Waals surface area contributed by atoms with Crippen LogP contribution >= 0.6 is 11.6 Å². The Bertz CT molecular complexity index is 1030. The van der Waals surface area contributed by atoms with Crippen LogP contribution in [0.2, 0.25) is 5.02 Å². The molecule has 2 aromatic carbocycles.